The quantitative estimate of drug-likeness (QED) is 0.534. The fourth-order valence-corrected chi connectivity index (χ4v) is 2.97. The van der Waals surface area contributed by atoms with Gasteiger partial charge in [0.05, 0.1) is 10.0 Å². The Morgan fingerprint density at radius 1 is 1.00 bits per heavy atom. The second-order valence-electron chi connectivity index (χ2n) is 3.12. The topological polar surface area (TPSA) is 0 Å². The summed E-state index contributed by atoms with van der Waals surface area (Å²) in [5, 5.41) is 0.915. The summed E-state index contributed by atoms with van der Waals surface area (Å²) in [5.41, 5.74) is 1.88. The lowest BCUT2D eigenvalue weighted by Crippen LogP contribution is -1.85. The minimum atomic E-state index is 0.413. The van der Waals surface area contributed by atoms with E-state index in [-0.39, 0.29) is 0 Å². The van der Waals surface area contributed by atoms with Crippen molar-refractivity contribution < 1.29 is 0 Å². The summed E-state index contributed by atoms with van der Waals surface area (Å²) in [6.07, 6.45) is 0. The van der Waals surface area contributed by atoms with Crippen molar-refractivity contribution >= 4 is 55.1 Å². The van der Waals surface area contributed by atoms with Gasteiger partial charge in [-0.2, -0.15) is 0 Å². The third-order valence-electron chi connectivity index (χ3n) is 2.11. The molecule has 0 aliphatic carbocycles. The van der Waals surface area contributed by atoms with Gasteiger partial charge in [-0.1, -0.05) is 53.5 Å². The lowest BCUT2D eigenvalue weighted by atomic mass is 10.1. The number of hydrogen-bond donors (Lipinski definition) is 0. The first kappa shape index (κ1) is 12.4. The Morgan fingerprint density at radius 2 is 1.62 bits per heavy atom. The molecule has 2 rings (SSSR count). The Balaban J connectivity index is 2.74. The molecule has 81 valence electrons. The molecule has 0 saturated heterocycles. The van der Waals surface area contributed by atoms with Gasteiger partial charge in [0, 0.05) is 20.6 Å². The van der Waals surface area contributed by atoms with Crippen molar-refractivity contribution in [2.24, 2.45) is 0 Å². The highest BCUT2D eigenvalue weighted by atomic mass is 79.9. The van der Waals surface area contributed by atoms with E-state index in [0.717, 1.165) is 20.1 Å². The second kappa shape index (κ2) is 5.09. The van der Waals surface area contributed by atoms with Gasteiger partial charge in [0.25, 0.3) is 0 Å². The number of benzene rings is 2. The normalized spacial score (nSPS) is 10.5. The number of rotatable bonds is 1. The Morgan fingerprint density at radius 3 is 2.25 bits per heavy atom. The maximum absolute atomic E-state index is 6.19. The summed E-state index contributed by atoms with van der Waals surface area (Å²) in [4.78, 5) is 0. The average molecular weight is 380 g/mol. The van der Waals surface area contributed by atoms with Crippen molar-refractivity contribution in [1.82, 2.24) is 0 Å². The summed E-state index contributed by atoms with van der Waals surface area (Å²) < 4.78 is 1.62. The number of hydrogen-bond acceptors (Lipinski definition) is 0. The predicted octanol–water partition coefficient (Wildman–Crippen LogP) is 5.99. The van der Waals surface area contributed by atoms with E-state index in [9.17, 15) is 0 Å². The van der Waals surface area contributed by atoms with E-state index < -0.39 is 0 Å². The lowest BCUT2D eigenvalue weighted by Gasteiger charge is -2.10. The van der Waals surface area contributed by atoms with Crippen molar-refractivity contribution in [3.05, 3.63) is 55.4 Å². The van der Waals surface area contributed by atoms with Crippen molar-refractivity contribution in [2.75, 3.05) is 0 Å². The minimum Gasteiger partial charge on any atom is -0.0820 e. The molecule has 0 aromatic heterocycles. The Bertz CT molecular complexity index is 498. The molecule has 0 heterocycles. The standard InChI is InChI=1S/C12H5Br2Cl2/c13-8-6-9(15)12(16)10(11(8)14)7-4-2-1-3-5-7/h1-5H. The van der Waals surface area contributed by atoms with E-state index in [1.807, 2.05) is 30.3 Å². The lowest BCUT2D eigenvalue weighted by molar-refractivity contribution is 1.54. The van der Waals surface area contributed by atoms with Crippen LogP contribution in [0.4, 0.5) is 0 Å². The average Bonchev–Trinajstić information content (AvgIpc) is 2.28. The van der Waals surface area contributed by atoms with Crippen LogP contribution in [0.15, 0.2) is 39.3 Å². The van der Waals surface area contributed by atoms with E-state index in [2.05, 4.69) is 37.9 Å². The van der Waals surface area contributed by atoms with Crippen LogP contribution in [0.1, 0.15) is 0 Å². The van der Waals surface area contributed by atoms with Crippen LogP contribution in [0.3, 0.4) is 0 Å². The summed E-state index contributed by atoms with van der Waals surface area (Å²) >= 11 is 19.1. The molecule has 0 fully saturated rings. The van der Waals surface area contributed by atoms with Gasteiger partial charge in [-0.25, -0.2) is 0 Å². The maximum atomic E-state index is 6.19. The van der Waals surface area contributed by atoms with Crippen LogP contribution in [-0.2, 0) is 0 Å². The molecule has 0 amide bonds. The molecule has 16 heavy (non-hydrogen) atoms. The summed E-state index contributed by atoms with van der Waals surface area (Å²) in [7, 11) is 0. The smallest absolute Gasteiger partial charge is 0.0690 e. The first-order valence-electron chi connectivity index (χ1n) is 4.42. The van der Waals surface area contributed by atoms with Crippen LogP contribution in [0, 0.1) is 6.07 Å². The molecule has 2 aromatic carbocycles. The van der Waals surface area contributed by atoms with Gasteiger partial charge in [-0.05, 0) is 37.4 Å². The maximum Gasteiger partial charge on any atom is 0.0690 e. The highest BCUT2D eigenvalue weighted by Crippen LogP contribution is 2.42. The largest absolute Gasteiger partial charge is 0.0820 e. The molecule has 4 heteroatoms. The van der Waals surface area contributed by atoms with Crippen molar-refractivity contribution in [3.8, 4) is 11.1 Å². The van der Waals surface area contributed by atoms with Crippen LogP contribution in [-0.4, -0.2) is 0 Å². The summed E-state index contributed by atoms with van der Waals surface area (Å²) in [6.45, 7) is 0. The van der Waals surface area contributed by atoms with Crippen LogP contribution >= 0.6 is 55.1 Å². The molecule has 0 aliphatic heterocycles. The van der Waals surface area contributed by atoms with Gasteiger partial charge in [0.1, 0.15) is 0 Å². The van der Waals surface area contributed by atoms with Crippen LogP contribution in [0.5, 0.6) is 0 Å². The molecule has 0 N–H and O–H groups in total. The Kier molecular flexibility index (Phi) is 3.96. The third kappa shape index (κ3) is 2.30. The molecule has 1 radical (unpaired) electrons. The zero-order valence-electron chi connectivity index (χ0n) is 7.90. The zero-order valence-corrected chi connectivity index (χ0v) is 12.6. The monoisotopic (exact) mass is 377 g/mol. The third-order valence-corrected chi connectivity index (χ3v) is 4.78. The fraction of sp³-hybridized carbons (Fsp3) is 0. The highest BCUT2D eigenvalue weighted by Gasteiger charge is 2.14. The number of halogens is 4. The first-order chi connectivity index (χ1) is 7.61. The van der Waals surface area contributed by atoms with Gasteiger partial charge in [-0.3, -0.25) is 0 Å². The SMILES string of the molecule is Clc1[c]c(Br)c(Br)c(-c2ccccc2)c1Cl. The van der Waals surface area contributed by atoms with E-state index in [1.165, 1.54) is 0 Å². The van der Waals surface area contributed by atoms with E-state index in [1.54, 1.807) is 0 Å². The van der Waals surface area contributed by atoms with Crippen LogP contribution in [0.2, 0.25) is 10.0 Å². The Labute approximate surface area is 121 Å². The molecule has 0 saturated carbocycles. The molecule has 0 spiro atoms. The molecule has 0 unspecified atom stereocenters. The van der Waals surface area contributed by atoms with Gasteiger partial charge in [0.15, 0.2) is 0 Å². The molecule has 0 nitrogen and oxygen atoms in total. The second-order valence-corrected chi connectivity index (χ2v) is 5.46. The summed E-state index contributed by atoms with van der Waals surface area (Å²) in [5.74, 6) is 0. The summed E-state index contributed by atoms with van der Waals surface area (Å²) in [6, 6.07) is 12.7. The molecule has 0 atom stereocenters. The molecule has 0 aliphatic rings. The van der Waals surface area contributed by atoms with Crippen molar-refractivity contribution in [2.45, 2.75) is 0 Å². The van der Waals surface area contributed by atoms with E-state index in [0.29, 0.717) is 10.0 Å². The van der Waals surface area contributed by atoms with Crippen LogP contribution < -0.4 is 0 Å². The van der Waals surface area contributed by atoms with E-state index in [4.69, 9.17) is 23.2 Å². The van der Waals surface area contributed by atoms with Gasteiger partial charge >= 0.3 is 0 Å². The Hall–Kier alpha value is -0.0200. The molecular formula is C12H5Br2Cl2. The van der Waals surface area contributed by atoms with Crippen molar-refractivity contribution in [3.63, 3.8) is 0 Å². The minimum absolute atomic E-state index is 0.413. The van der Waals surface area contributed by atoms with Gasteiger partial charge in [-0.15, -0.1) is 0 Å². The molecule has 0 bridgehead atoms. The fourth-order valence-electron chi connectivity index (χ4n) is 1.38. The molecule has 2 aromatic rings. The van der Waals surface area contributed by atoms with Crippen LogP contribution in [0.25, 0.3) is 11.1 Å². The molecular weight excluding hydrogens is 375 g/mol. The van der Waals surface area contributed by atoms with Crippen molar-refractivity contribution in [1.29, 1.82) is 0 Å². The predicted molar refractivity (Wildman–Crippen MR) is 76.1 cm³/mol. The highest BCUT2D eigenvalue weighted by molar-refractivity contribution is 9.13. The zero-order chi connectivity index (χ0) is 11.7. The van der Waals surface area contributed by atoms with Gasteiger partial charge in [0.2, 0.25) is 0 Å². The van der Waals surface area contributed by atoms with E-state index >= 15 is 0 Å². The first-order valence-corrected chi connectivity index (χ1v) is 6.76. The van der Waals surface area contributed by atoms with Gasteiger partial charge < -0.3 is 0 Å².